The lowest BCUT2D eigenvalue weighted by atomic mass is 10.3. The summed E-state index contributed by atoms with van der Waals surface area (Å²) in [5.74, 6) is -1.11. The molecule has 1 heterocycles. The highest BCUT2D eigenvalue weighted by Crippen LogP contribution is 2.21. The molecular weight excluding hydrogens is 280 g/mol. The lowest BCUT2D eigenvalue weighted by molar-refractivity contribution is 0.0685. The molecule has 1 aromatic rings. The van der Waals surface area contributed by atoms with Crippen molar-refractivity contribution in [3.8, 4) is 0 Å². The van der Waals surface area contributed by atoms with Crippen LogP contribution in [0.3, 0.4) is 0 Å². The van der Waals surface area contributed by atoms with Gasteiger partial charge in [-0.3, -0.25) is 0 Å². The van der Waals surface area contributed by atoms with Gasteiger partial charge < -0.3 is 9.67 Å². The molecule has 1 aliphatic rings. The molecule has 0 aromatic carbocycles. The summed E-state index contributed by atoms with van der Waals surface area (Å²) in [5, 5.41) is 9.12. The Bertz CT molecular complexity index is 586. The van der Waals surface area contributed by atoms with Gasteiger partial charge in [-0.2, -0.15) is 0 Å². The maximum atomic E-state index is 12.3. The van der Waals surface area contributed by atoms with Gasteiger partial charge in [0.2, 0.25) is 10.0 Å². The molecule has 1 aromatic heterocycles. The number of aromatic carboxylic acids is 1. The fraction of sp³-hybridized carbons (Fsp3) is 0.615. The molecule has 0 aliphatic heterocycles. The van der Waals surface area contributed by atoms with Crippen molar-refractivity contribution in [1.82, 2.24) is 9.29 Å². The van der Waals surface area contributed by atoms with E-state index in [9.17, 15) is 13.2 Å². The molecule has 1 aliphatic carbocycles. The molecular formula is C13H20N2O4S. The van der Waals surface area contributed by atoms with E-state index in [1.54, 1.807) is 0 Å². The third-order valence-electron chi connectivity index (χ3n) is 3.54. The number of aromatic nitrogens is 1. The summed E-state index contributed by atoms with van der Waals surface area (Å²) < 4.78 is 28.7. The highest BCUT2D eigenvalue weighted by molar-refractivity contribution is 7.89. The molecule has 0 amide bonds. The van der Waals surface area contributed by atoms with Gasteiger partial charge >= 0.3 is 5.97 Å². The summed E-state index contributed by atoms with van der Waals surface area (Å²) in [4.78, 5) is 11.2. The molecule has 2 N–H and O–H groups in total. The average molecular weight is 300 g/mol. The van der Waals surface area contributed by atoms with Crippen molar-refractivity contribution in [2.24, 2.45) is 0 Å². The predicted octanol–water partition coefficient (Wildman–Crippen LogP) is 1.82. The monoisotopic (exact) mass is 300 g/mol. The quantitative estimate of drug-likeness (QED) is 0.838. The molecule has 0 radical (unpaired) electrons. The van der Waals surface area contributed by atoms with Gasteiger partial charge in [0.05, 0.1) is 0 Å². The summed E-state index contributed by atoms with van der Waals surface area (Å²) in [6, 6.07) is 1.21. The fourth-order valence-electron chi connectivity index (χ4n) is 2.57. The normalized spacial score (nSPS) is 16.6. The highest BCUT2D eigenvalue weighted by Gasteiger charge is 2.25. The van der Waals surface area contributed by atoms with Crippen molar-refractivity contribution in [3.63, 3.8) is 0 Å². The van der Waals surface area contributed by atoms with Crippen molar-refractivity contribution >= 4 is 16.0 Å². The molecule has 0 spiro atoms. The number of hydrogen-bond donors (Lipinski definition) is 2. The number of sulfonamides is 1. The van der Waals surface area contributed by atoms with Gasteiger partial charge in [0, 0.05) is 18.8 Å². The van der Waals surface area contributed by atoms with E-state index < -0.39 is 16.0 Å². The van der Waals surface area contributed by atoms with Crippen molar-refractivity contribution < 1.29 is 18.3 Å². The molecule has 0 unspecified atom stereocenters. The summed E-state index contributed by atoms with van der Waals surface area (Å²) in [7, 11) is -3.63. The van der Waals surface area contributed by atoms with Crippen LogP contribution in [0.2, 0.25) is 0 Å². The van der Waals surface area contributed by atoms with Gasteiger partial charge in [0.25, 0.3) is 0 Å². The number of carbonyl (C=O) groups is 1. The summed E-state index contributed by atoms with van der Waals surface area (Å²) >= 11 is 0. The lowest BCUT2D eigenvalue weighted by Gasteiger charge is -2.11. The number of nitrogens with zero attached hydrogens (tertiary/aromatic N) is 1. The standard InChI is InChI=1S/C13H20N2O4S/c1-2-7-15-9-11(8-12(15)13(16)17)20(18,19)14-10-5-3-4-6-10/h8-10,14H,2-7H2,1H3,(H,16,17). The Labute approximate surface area is 118 Å². The Morgan fingerprint density at radius 3 is 2.65 bits per heavy atom. The van der Waals surface area contributed by atoms with Crippen LogP contribution < -0.4 is 4.72 Å². The first-order chi connectivity index (χ1) is 9.44. The maximum absolute atomic E-state index is 12.3. The molecule has 1 saturated carbocycles. The first kappa shape index (κ1) is 15.1. The second kappa shape index (κ2) is 5.97. The van der Waals surface area contributed by atoms with E-state index in [1.165, 1.54) is 16.8 Å². The topological polar surface area (TPSA) is 88.4 Å². The Morgan fingerprint density at radius 1 is 1.45 bits per heavy atom. The SMILES string of the molecule is CCCn1cc(S(=O)(=O)NC2CCCC2)cc1C(=O)O. The molecule has 0 saturated heterocycles. The number of carboxylic acids is 1. The third kappa shape index (κ3) is 3.21. The lowest BCUT2D eigenvalue weighted by Crippen LogP contribution is -2.32. The fourth-order valence-corrected chi connectivity index (χ4v) is 3.91. The number of rotatable bonds is 6. The van der Waals surface area contributed by atoms with Crippen molar-refractivity contribution in [3.05, 3.63) is 18.0 Å². The number of nitrogens with one attached hydrogen (secondary N) is 1. The second-order valence-electron chi connectivity index (χ2n) is 5.16. The molecule has 20 heavy (non-hydrogen) atoms. The van der Waals surface area contributed by atoms with E-state index in [1.807, 2.05) is 6.92 Å². The smallest absolute Gasteiger partial charge is 0.352 e. The van der Waals surface area contributed by atoms with Crippen LogP contribution in [-0.2, 0) is 16.6 Å². The van der Waals surface area contributed by atoms with Gasteiger partial charge in [-0.15, -0.1) is 0 Å². The average Bonchev–Trinajstić information content (AvgIpc) is 2.98. The van der Waals surface area contributed by atoms with E-state index >= 15 is 0 Å². The van der Waals surface area contributed by atoms with Crippen LogP contribution >= 0.6 is 0 Å². The first-order valence-electron chi connectivity index (χ1n) is 6.90. The Morgan fingerprint density at radius 2 is 2.10 bits per heavy atom. The first-order valence-corrected chi connectivity index (χ1v) is 8.38. The zero-order valence-electron chi connectivity index (χ0n) is 11.5. The molecule has 2 rings (SSSR count). The van der Waals surface area contributed by atoms with Gasteiger partial charge in [-0.05, 0) is 25.3 Å². The van der Waals surface area contributed by atoms with E-state index in [4.69, 9.17) is 5.11 Å². The highest BCUT2D eigenvalue weighted by atomic mass is 32.2. The molecule has 112 valence electrons. The second-order valence-corrected chi connectivity index (χ2v) is 6.88. The third-order valence-corrected chi connectivity index (χ3v) is 5.03. The van der Waals surface area contributed by atoms with Crippen LogP contribution in [0.15, 0.2) is 17.2 Å². The molecule has 1 fully saturated rings. The summed E-state index contributed by atoms with van der Waals surface area (Å²) in [6.45, 7) is 2.40. The van der Waals surface area contributed by atoms with E-state index in [0.717, 1.165) is 32.1 Å². The zero-order valence-corrected chi connectivity index (χ0v) is 12.3. The zero-order chi connectivity index (χ0) is 14.8. The van der Waals surface area contributed by atoms with Crippen molar-refractivity contribution in [1.29, 1.82) is 0 Å². The number of aryl methyl sites for hydroxylation is 1. The maximum Gasteiger partial charge on any atom is 0.352 e. The Balaban J connectivity index is 2.26. The van der Waals surface area contributed by atoms with Gasteiger partial charge in [-0.25, -0.2) is 17.9 Å². The summed E-state index contributed by atoms with van der Waals surface area (Å²) in [6.07, 6.45) is 5.91. The largest absolute Gasteiger partial charge is 0.477 e. The minimum Gasteiger partial charge on any atom is -0.477 e. The van der Waals surface area contributed by atoms with Gasteiger partial charge in [0.15, 0.2) is 0 Å². The molecule has 7 heteroatoms. The Kier molecular flexibility index (Phi) is 4.49. The summed E-state index contributed by atoms with van der Waals surface area (Å²) in [5.41, 5.74) is 0.0126. The van der Waals surface area contributed by atoms with Crippen LogP contribution in [-0.4, -0.2) is 30.1 Å². The minimum atomic E-state index is -3.63. The number of carboxylic acid groups (broad SMARTS) is 1. The van der Waals surface area contributed by atoms with Crippen LogP contribution in [0.1, 0.15) is 49.5 Å². The minimum absolute atomic E-state index is 0.0126. The predicted molar refractivity (Wildman–Crippen MR) is 74.3 cm³/mol. The van der Waals surface area contributed by atoms with Crippen LogP contribution in [0.5, 0.6) is 0 Å². The van der Waals surface area contributed by atoms with Crippen molar-refractivity contribution in [2.45, 2.75) is 56.5 Å². The Hall–Kier alpha value is -1.34. The van der Waals surface area contributed by atoms with E-state index in [-0.39, 0.29) is 16.6 Å². The van der Waals surface area contributed by atoms with Crippen molar-refractivity contribution in [2.75, 3.05) is 0 Å². The molecule has 6 nitrogen and oxygen atoms in total. The van der Waals surface area contributed by atoms with Crippen LogP contribution in [0, 0.1) is 0 Å². The van der Waals surface area contributed by atoms with E-state index in [0.29, 0.717) is 6.54 Å². The molecule has 0 bridgehead atoms. The van der Waals surface area contributed by atoms with E-state index in [2.05, 4.69) is 4.72 Å². The van der Waals surface area contributed by atoms with Crippen LogP contribution in [0.25, 0.3) is 0 Å². The van der Waals surface area contributed by atoms with Gasteiger partial charge in [0.1, 0.15) is 10.6 Å². The number of hydrogen-bond acceptors (Lipinski definition) is 3. The van der Waals surface area contributed by atoms with Gasteiger partial charge in [-0.1, -0.05) is 19.8 Å². The molecule has 0 atom stereocenters. The van der Waals surface area contributed by atoms with Crippen LogP contribution in [0.4, 0.5) is 0 Å².